The minimum absolute atomic E-state index is 0.0584. The maximum absolute atomic E-state index is 11.6. The van der Waals surface area contributed by atoms with Gasteiger partial charge in [0.2, 0.25) is 0 Å². The van der Waals surface area contributed by atoms with Gasteiger partial charge >= 0.3 is 12.1 Å². The highest BCUT2D eigenvalue weighted by atomic mass is 19.4. The smallest absolute Gasteiger partial charge is 0.411 e. The summed E-state index contributed by atoms with van der Waals surface area (Å²) >= 11 is 0. The van der Waals surface area contributed by atoms with Crippen molar-refractivity contribution in [3.05, 3.63) is 0 Å². The summed E-state index contributed by atoms with van der Waals surface area (Å²) < 4.78 is 39.0. The van der Waals surface area contributed by atoms with Crippen molar-refractivity contribution < 1.29 is 27.8 Å². The van der Waals surface area contributed by atoms with Crippen molar-refractivity contribution in [2.45, 2.75) is 25.9 Å². The van der Waals surface area contributed by atoms with E-state index in [9.17, 15) is 18.0 Å². The number of alkyl halides is 3. The van der Waals surface area contributed by atoms with Crippen LogP contribution < -0.4 is 0 Å². The molecule has 0 saturated heterocycles. The third-order valence-electron chi connectivity index (χ3n) is 1.61. The molecule has 0 aliphatic rings. The average molecular weight is 214 g/mol. The molecule has 0 spiro atoms. The van der Waals surface area contributed by atoms with Crippen molar-refractivity contribution in [2.24, 2.45) is 5.92 Å². The molecular weight excluding hydrogens is 201 g/mol. The zero-order valence-electron chi connectivity index (χ0n) is 7.80. The fourth-order valence-corrected chi connectivity index (χ4v) is 0.803. The molecule has 6 heteroatoms. The van der Waals surface area contributed by atoms with E-state index in [2.05, 4.69) is 4.74 Å². The van der Waals surface area contributed by atoms with Gasteiger partial charge < -0.3 is 9.84 Å². The fourth-order valence-electron chi connectivity index (χ4n) is 0.803. The fraction of sp³-hybridized carbons (Fsp3) is 0.875. The lowest BCUT2D eigenvalue weighted by Crippen LogP contribution is -2.18. The van der Waals surface area contributed by atoms with Gasteiger partial charge in [0.15, 0.2) is 0 Å². The van der Waals surface area contributed by atoms with Crippen molar-refractivity contribution in [1.29, 1.82) is 0 Å². The molecule has 0 saturated carbocycles. The van der Waals surface area contributed by atoms with Gasteiger partial charge in [-0.15, -0.1) is 0 Å². The molecule has 1 N–H and O–H groups in total. The summed E-state index contributed by atoms with van der Waals surface area (Å²) in [4.78, 5) is 10.3. The monoisotopic (exact) mass is 214 g/mol. The number of hydrogen-bond acceptors (Lipinski definition) is 2. The van der Waals surface area contributed by atoms with E-state index < -0.39 is 24.7 Å². The molecule has 0 aromatic carbocycles. The molecule has 0 rings (SSSR count). The molecule has 0 bridgehead atoms. The lowest BCUT2D eigenvalue weighted by atomic mass is 10.1. The first-order chi connectivity index (χ1) is 6.33. The number of aliphatic carboxylic acids is 1. The van der Waals surface area contributed by atoms with Crippen molar-refractivity contribution >= 4 is 5.97 Å². The van der Waals surface area contributed by atoms with E-state index in [1.54, 1.807) is 0 Å². The van der Waals surface area contributed by atoms with E-state index >= 15 is 0 Å². The van der Waals surface area contributed by atoms with E-state index in [-0.39, 0.29) is 6.61 Å². The van der Waals surface area contributed by atoms with Gasteiger partial charge in [-0.05, 0) is 12.8 Å². The van der Waals surface area contributed by atoms with E-state index in [4.69, 9.17) is 5.11 Å². The molecular formula is C8H13F3O3. The molecule has 1 atom stereocenters. The van der Waals surface area contributed by atoms with Gasteiger partial charge in [0, 0.05) is 6.61 Å². The maximum atomic E-state index is 11.6. The number of carboxylic acids is 1. The summed E-state index contributed by atoms with van der Waals surface area (Å²) in [6, 6.07) is 0. The van der Waals surface area contributed by atoms with Crippen molar-refractivity contribution in [1.82, 2.24) is 0 Å². The number of hydrogen-bond donors (Lipinski definition) is 1. The predicted molar refractivity (Wildman–Crippen MR) is 42.9 cm³/mol. The quantitative estimate of drug-likeness (QED) is 0.688. The zero-order valence-corrected chi connectivity index (χ0v) is 7.80. The second-order valence-electron chi connectivity index (χ2n) is 3.05. The summed E-state index contributed by atoms with van der Waals surface area (Å²) in [5, 5.41) is 8.45. The third-order valence-corrected chi connectivity index (χ3v) is 1.61. The zero-order chi connectivity index (χ0) is 11.2. The second-order valence-corrected chi connectivity index (χ2v) is 3.05. The van der Waals surface area contributed by atoms with E-state index in [0.717, 1.165) is 0 Å². The summed E-state index contributed by atoms with van der Waals surface area (Å²) in [7, 11) is 0. The highest BCUT2D eigenvalue weighted by Crippen LogP contribution is 2.15. The van der Waals surface area contributed by atoms with Crippen LogP contribution in [0.4, 0.5) is 13.2 Å². The lowest BCUT2D eigenvalue weighted by Gasteiger charge is -2.08. The molecule has 0 radical (unpaired) electrons. The van der Waals surface area contributed by atoms with Crippen LogP contribution >= 0.6 is 0 Å². The average Bonchev–Trinajstić information content (AvgIpc) is 2.01. The minimum atomic E-state index is -4.31. The molecule has 0 aromatic heterocycles. The largest absolute Gasteiger partial charge is 0.481 e. The molecule has 0 amide bonds. The van der Waals surface area contributed by atoms with Crippen LogP contribution in [0, 0.1) is 5.92 Å². The van der Waals surface area contributed by atoms with Crippen LogP contribution in [-0.4, -0.2) is 30.5 Å². The van der Waals surface area contributed by atoms with Gasteiger partial charge in [0.1, 0.15) is 6.61 Å². The van der Waals surface area contributed by atoms with Crippen molar-refractivity contribution in [3.63, 3.8) is 0 Å². The molecule has 14 heavy (non-hydrogen) atoms. The van der Waals surface area contributed by atoms with Crippen LogP contribution in [0.5, 0.6) is 0 Å². The Morgan fingerprint density at radius 3 is 2.50 bits per heavy atom. The minimum Gasteiger partial charge on any atom is -0.481 e. The topological polar surface area (TPSA) is 46.5 Å². The standard InChI is InChI=1S/C8H13F3O3/c1-6(7(12)13)3-2-4-14-5-8(9,10)11/h6H,2-5H2,1H3,(H,12,13). The number of carbonyl (C=O) groups is 1. The number of carboxylic acid groups (broad SMARTS) is 1. The Hall–Kier alpha value is -0.780. The van der Waals surface area contributed by atoms with Crippen molar-refractivity contribution in [2.75, 3.05) is 13.2 Å². The summed E-state index contributed by atoms with van der Waals surface area (Å²) in [6.45, 7) is 0.178. The summed E-state index contributed by atoms with van der Waals surface area (Å²) in [5.74, 6) is -1.48. The molecule has 0 aromatic rings. The van der Waals surface area contributed by atoms with Gasteiger partial charge in [-0.3, -0.25) is 4.79 Å². The van der Waals surface area contributed by atoms with Gasteiger partial charge in [0.05, 0.1) is 5.92 Å². The van der Waals surface area contributed by atoms with Crippen LogP contribution in [0.3, 0.4) is 0 Å². The maximum Gasteiger partial charge on any atom is 0.411 e. The van der Waals surface area contributed by atoms with Crippen LogP contribution in [-0.2, 0) is 9.53 Å². The van der Waals surface area contributed by atoms with Crippen LogP contribution in [0.15, 0.2) is 0 Å². The molecule has 0 aliphatic heterocycles. The molecule has 0 fully saturated rings. The summed E-state index contributed by atoms with van der Waals surface area (Å²) in [6.07, 6.45) is -3.66. The lowest BCUT2D eigenvalue weighted by molar-refractivity contribution is -0.174. The Labute approximate surface area is 79.9 Å². The number of rotatable bonds is 6. The van der Waals surface area contributed by atoms with E-state index in [1.807, 2.05) is 0 Å². The number of ether oxygens (including phenoxy) is 1. The molecule has 3 nitrogen and oxygen atoms in total. The Balaban J connectivity index is 3.35. The molecule has 0 aliphatic carbocycles. The third kappa shape index (κ3) is 7.85. The molecule has 84 valence electrons. The van der Waals surface area contributed by atoms with Crippen LogP contribution in [0.2, 0.25) is 0 Å². The van der Waals surface area contributed by atoms with Gasteiger partial charge in [-0.1, -0.05) is 6.92 Å². The van der Waals surface area contributed by atoms with Gasteiger partial charge in [0.25, 0.3) is 0 Å². The highest BCUT2D eigenvalue weighted by Gasteiger charge is 2.27. The van der Waals surface area contributed by atoms with Gasteiger partial charge in [-0.2, -0.15) is 13.2 Å². The first kappa shape index (κ1) is 13.2. The summed E-state index contributed by atoms with van der Waals surface area (Å²) in [5.41, 5.74) is 0. The Morgan fingerprint density at radius 1 is 1.50 bits per heavy atom. The highest BCUT2D eigenvalue weighted by molar-refractivity contribution is 5.69. The Kier molecular flexibility index (Phi) is 5.52. The van der Waals surface area contributed by atoms with Crippen LogP contribution in [0.1, 0.15) is 19.8 Å². The van der Waals surface area contributed by atoms with Crippen LogP contribution in [0.25, 0.3) is 0 Å². The SMILES string of the molecule is CC(CCCOCC(F)(F)F)C(=O)O. The molecule has 1 unspecified atom stereocenters. The Bertz CT molecular complexity index is 179. The van der Waals surface area contributed by atoms with Crippen molar-refractivity contribution in [3.8, 4) is 0 Å². The van der Waals surface area contributed by atoms with E-state index in [0.29, 0.717) is 12.8 Å². The first-order valence-electron chi connectivity index (χ1n) is 4.20. The first-order valence-corrected chi connectivity index (χ1v) is 4.20. The van der Waals surface area contributed by atoms with Gasteiger partial charge in [-0.25, -0.2) is 0 Å². The predicted octanol–water partition coefficient (Wildman–Crippen LogP) is 2.07. The number of halogens is 3. The van der Waals surface area contributed by atoms with E-state index in [1.165, 1.54) is 6.92 Å². The second kappa shape index (κ2) is 5.85. The Morgan fingerprint density at radius 2 is 2.07 bits per heavy atom. The normalized spacial score (nSPS) is 14.0. The molecule has 0 heterocycles.